The number of likely N-dealkylation sites (N-methyl/N-ethyl adjacent to an activating group) is 1. The lowest BCUT2D eigenvalue weighted by Gasteiger charge is -2.39. The number of benzene rings is 1. The standard InChI is InChI=1S/C16H27NO/c1-6-16(7-2,18-8-3)15(17-5)14-11-9-13(4)10-12-14/h9-12,15,17H,6-8H2,1-5H3. The molecule has 2 nitrogen and oxygen atoms in total. The van der Waals surface area contributed by atoms with E-state index in [1.54, 1.807) is 0 Å². The fraction of sp³-hybridized carbons (Fsp3) is 0.625. The minimum atomic E-state index is -0.112. The van der Waals surface area contributed by atoms with E-state index >= 15 is 0 Å². The fourth-order valence-electron chi connectivity index (χ4n) is 2.73. The Morgan fingerprint density at radius 2 is 1.67 bits per heavy atom. The highest BCUT2D eigenvalue weighted by Crippen LogP contribution is 2.35. The van der Waals surface area contributed by atoms with Gasteiger partial charge in [0.05, 0.1) is 11.6 Å². The molecular formula is C16H27NO. The number of hydrogen-bond donors (Lipinski definition) is 1. The van der Waals surface area contributed by atoms with Crippen LogP contribution in [0.1, 0.15) is 50.8 Å². The first-order valence-corrected chi connectivity index (χ1v) is 7.01. The highest BCUT2D eigenvalue weighted by Gasteiger charge is 2.36. The van der Waals surface area contributed by atoms with E-state index < -0.39 is 0 Å². The van der Waals surface area contributed by atoms with Crippen LogP contribution in [0.5, 0.6) is 0 Å². The third-order valence-electron chi connectivity index (χ3n) is 3.85. The quantitative estimate of drug-likeness (QED) is 0.792. The van der Waals surface area contributed by atoms with Crippen molar-refractivity contribution >= 4 is 0 Å². The SMILES string of the molecule is CCOC(CC)(CC)C(NC)c1ccc(C)cc1. The molecule has 1 atom stereocenters. The summed E-state index contributed by atoms with van der Waals surface area (Å²) >= 11 is 0. The molecule has 1 aromatic rings. The van der Waals surface area contributed by atoms with E-state index in [0.29, 0.717) is 0 Å². The molecule has 0 saturated heterocycles. The van der Waals surface area contributed by atoms with Gasteiger partial charge in [-0.05, 0) is 39.3 Å². The summed E-state index contributed by atoms with van der Waals surface area (Å²) in [5.74, 6) is 0. The van der Waals surface area contributed by atoms with Crippen molar-refractivity contribution in [2.75, 3.05) is 13.7 Å². The minimum absolute atomic E-state index is 0.112. The van der Waals surface area contributed by atoms with Crippen LogP contribution in [0.3, 0.4) is 0 Å². The Balaban J connectivity index is 3.08. The lowest BCUT2D eigenvalue weighted by Crippen LogP contribution is -2.44. The molecule has 0 bridgehead atoms. The van der Waals surface area contributed by atoms with Crippen molar-refractivity contribution in [2.45, 2.75) is 52.2 Å². The van der Waals surface area contributed by atoms with E-state index in [1.165, 1.54) is 11.1 Å². The Morgan fingerprint density at radius 3 is 2.06 bits per heavy atom. The van der Waals surface area contributed by atoms with Gasteiger partial charge in [-0.2, -0.15) is 0 Å². The van der Waals surface area contributed by atoms with Crippen LogP contribution in [0.15, 0.2) is 24.3 Å². The summed E-state index contributed by atoms with van der Waals surface area (Å²) in [6, 6.07) is 8.99. The number of aryl methyl sites for hydroxylation is 1. The Hall–Kier alpha value is -0.860. The molecule has 0 aliphatic heterocycles. The van der Waals surface area contributed by atoms with Crippen LogP contribution in [-0.4, -0.2) is 19.3 Å². The number of ether oxygens (including phenoxy) is 1. The lowest BCUT2D eigenvalue weighted by molar-refractivity contribution is -0.0717. The van der Waals surface area contributed by atoms with Gasteiger partial charge in [0, 0.05) is 6.61 Å². The van der Waals surface area contributed by atoms with Gasteiger partial charge in [0.1, 0.15) is 0 Å². The Kier molecular flexibility index (Phi) is 5.83. The average molecular weight is 249 g/mol. The summed E-state index contributed by atoms with van der Waals surface area (Å²) in [5.41, 5.74) is 2.49. The molecule has 0 aliphatic rings. The monoisotopic (exact) mass is 249 g/mol. The minimum Gasteiger partial charge on any atom is -0.373 e. The fourth-order valence-corrected chi connectivity index (χ4v) is 2.73. The Bertz CT molecular complexity index is 341. The van der Waals surface area contributed by atoms with Crippen LogP contribution in [0.2, 0.25) is 0 Å². The first-order chi connectivity index (χ1) is 8.63. The van der Waals surface area contributed by atoms with Gasteiger partial charge in [-0.15, -0.1) is 0 Å². The first-order valence-electron chi connectivity index (χ1n) is 7.01. The van der Waals surface area contributed by atoms with E-state index in [4.69, 9.17) is 4.74 Å². The maximum Gasteiger partial charge on any atom is 0.0870 e. The molecule has 0 radical (unpaired) electrons. The van der Waals surface area contributed by atoms with Crippen LogP contribution < -0.4 is 5.32 Å². The van der Waals surface area contributed by atoms with Gasteiger partial charge in [-0.1, -0.05) is 43.7 Å². The van der Waals surface area contributed by atoms with E-state index in [0.717, 1.165) is 19.4 Å². The molecule has 1 unspecified atom stereocenters. The zero-order chi connectivity index (χ0) is 13.6. The van der Waals surface area contributed by atoms with Crippen LogP contribution in [0.4, 0.5) is 0 Å². The molecule has 18 heavy (non-hydrogen) atoms. The Labute approximate surface area is 112 Å². The van der Waals surface area contributed by atoms with Crippen molar-refractivity contribution in [1.82, 2.24) is 5.32 Å². The molecule has 2 heteroatoms. The molecule has 0 heterocycles. The lowest BCUT2D eigenvalue weighted by atomic mass is 9.83. The number of rotatable bonds is 7. The molecule has 0 aromatic heterocycles. The summed E-state index contributed by atoms with van der Waals surface area (Å²) < 4.78 is 6.10. The molecule has 0 aliphatic carbocycles. The van der Waals surface area contributed by atoms with E-state index in [2.05, 4.69) is 57.3 Å². The molecule has 102 valence electrons. The van der Waals surface area contributed by atoms with E-state index in [9.17, 15) is 0 Å². The number of nitrogens with one attached hydrogen (secondary N) is 1. The van der Waals surface area contributed by atoms with Gasteiger partial charge in [0.15, 0.2) is 0 Å². The predicted octanol–water partition coefficient (Wildman–Crippen LogP) is 3.85. The van der Waals surface area contributed by atoms with Crippen LogP contribution >= 0.6 is 0 Å². The van der Waals surface area contributed by atoms with Gasteiger partial charge in [-0.3, -0.25) is 0 Å². The van der Waals surface area contributed by atoms with Gasteiger partial charge in [-0.25, -0.2) is 0 Å². The second-order valence-corrected chi connectivity index (χ2v) is 4.84. The third-order valence-corrected chi connectivity index (χ3v) is 3.85. The van der Waals surface area contributed by atoms with Crippen molar-refractivity contribution < 1.29 is 4.74 Å². The maximum absolute atomic E-state index is 6.10. The van der Waals surface area contributed by atoms with Gasteiger partial charge < -0.3 is 10.1 Å². The smallest absolute Gasteiger partial charge is 0.0870 e. The van der Waals surface area contributed by atoms with Gasteiger partial charge in [0.2, 0.25) is 0 Å². The first kappa shape index (κ1) is 15.2. The summed E-state index contributed by atoms with van der Waals surface area (Å²) in [7, 11) is 2.02. The summed E-state index contributed by atoms with van der Waals surface area (Å²) in [6.45, 7) is 9.36. The van der Waals surface area contributed by atoms with E-state index in [-0.39, 0.29) is 11.6 Å². The maximum atomic E-state index is 6.10. The van der Waals surface area contributed by atoms with Gasteiger partial charge in [0.25, 0.3) is 0 Å². The molecule has 1 aromatic carbocycles. The topological polar surface area (TPSA) is 21.3 Å². The number of hydrogen-bond acceptors (Lipinski definition) is 2. The molecule has 0 saturated carbocycles. The van der Waals surface area contributed by atoms with E-state index in [1.807, 2.05) is 7.05 Å². The third kappa shape index (κ3) is 3.12. The Morgan fingerprint density at radius 1 is 1.11 bits per heavy atom. The molecule has 0 spiro atoms. The highest BCUT2D eigenvalue weighted by atomic mass is 16.5. The highest BCUT2D eigenvalue weighted by molar-refractivity contribution is 5.26. The zero-order valence-corrected chi connectivity index (χ0v) is 12.4. The van der Waals surface area contributed by atoms with Crippen molar-refractivity contribution in [2.24, 2.45) is 0 Å². The van der Waals surface area contributed by atoms with Crippen LogP contribution in [-0.2, 0) is 4.74 Å². The normalized spacial score (nSPS) is 13.6. The molecule has 1 N–H and O–H groups in total. The molecule has 0 fully saturated rings. The molecular weight excluding hydrogens is 222 g/mol. The van der Waals surface area contributed by atoms with Crippen LogP contribution in [0, 0.1) is 6.92 Å². The molecule has 0 amide bonds. The van der Waals surface area contributed by atoms with Crippen molar-refractivity contribution in [3.63, 3.8) is 0 Å². The van der Waals surface area contributed by atoms with Gasteiger partial charge >= 0.3 is 0 Å². The second kappa shape index (κ2) is 6.91. The van der Waals surface area contributed by atoms with Crippen molar-refractivity contribution in [3.8, 4) is 0 Å². The largest absolute Gasteiger partial charge is 0.373 e. The van der Waals surface area contributed by atoms with Crippen molar-refractivity contribution in [3.05, 3.63) is 35.4 Å². The summed E-state index contributed by atoms with van der Waals surface area (Å²) in [4.78, 5) is 0. The summed E-state index contributed by atoms with van der Waals surface area (Å²) in [6.07, 6.45) is 2.02. The van der Waals surface area contributed by atoms with Crippen LogP contribution in [0.25, 0.3) is 0 Å². The zero-order valence-electron chi connectivity index (χ0n) is 12.4. The second-order valence-electron chi connectivity index (χ2n) is 4.84. The predicted molar refractivity (Wildman–Crippen MR) is 77.9 cm³/mol. The summed E-state index contributed by atoms with van der Waals surface area (Å²) in [5, 5.41) is 3.44. The van der Waals surface area contributed by atoms with Crippen molar-refractivity contribution in [1.29, 1.82) is 0 Å². The average Bonchev–Trinajstić information content (AvgIpc) is 2.40. The molecule has 1 rings (SSSR count).